The lowest BCUT2D eigenvalue weighted by Gasteiger charge is -2.38. The number of aromatic nitrogens is 1. The van der Waals surface area contributed by atoms with Gasteiger partial charge in [0.05, 0.1) is 11.7 Å². The molecule has 214 valence electrons. The van der Waals surface area contributed by atoms with Crippen LogP contribution in [0.25, 0.3) is 11.3 Å². The number of nitrogens with zero attached hydrogens (tertiary/aromatic N) is 2. The van der Waals surface area contributed by atoms with E-state index in [9.17, 15) is 24.0 Å². The lowest BCUT2D eigenvalue weighted by atomic mass is 9.83. The molecule has 1 aromatic heterocycles. The maximum absolute atomic E-state index is 14.0. The molecular formula is C30H33N5O5S. The van der Waals surface area contributed by atoms with Crippen LogP contribution in [0.2, 0.25) is 0 Å². The third-order valence-electron chi connectivity index (χ3n) is 9.63. The first-order chi connectivity index (χ1) is 19.8. The number of hydrogen-bond acceptors (Lipinski definition) is 7. The standard InChI is InChI=1S/C30H33N5O5S/c36-24(27(39)32-18-6-7-18)21(12-17-8-11-31-25(17)37)33-26(38)23-20-13-19(14-30(20)9-10-30)35(23)29(40)28-34-22(15-41-28)16-4-2-1-3-5-16/h1-5,15,17-21,23H,6-14H2,(H,31,37)(H,32,39)(H,33,38)/t17?,19?,20?,21?,23-/m0/s1. The third kappa shape index (κ3) is 4.83. The second-order valence-corrected chi connectivity index (χ2v) is 13.2. The van der Waals surface area contributed by atoms with Crippen molar-refractivity contribution in [1.29, 1.82) is 0 Å². The van der Waals surface area contributed by atoms with E-state index in [2.05, 4.69) is 20.9 Å². The Balaban J connectivity index is 1.14. The van der Waals surface area contributed by atoms with E-state index in [0.29, 0.717) is 23.7 Å². The van der Waals surface area contributed by atoms with Crippen LogP contribution in [0.1, 0.15) is 61.2 Å². The van der Waals surface area contributed by atoms with E-state index in [0.717, 1.165) is 44.1 Å². The van der Waals surface area contributed by atoms with Gasteiger partial charge in [0.1, 0.15) is 6.04 Å². The molecule has 3 N–H and O–H groups in total. The maximum atomic E-state index is 14.0. The Morgan fingerprint density at radius 2 is 1.90 bits per heavy atom. The summed E-state index contributed by atoms with van der Waals surface area (Å²) in [4.78, 5) is 72.6. The van der Waals surface area contributed by atoms with Gasteiger partial charge in [-0.1, -0.05) is 30.3 Å². The normalized spacial score (nSPS) is 27.9. The van der Waals surface area contributed by atoms with Gasteiger partial charge in [-0.25, -0.2) is 4.98 Å². The molecule has 11 heteroatoms. The Kier molecular flexibility index (Phi) is 6.44. The minimum atomic E-state index is -1.13. The van der Waals surface area contributed by atoms with Crippen LogP contribution < -0.4 is 16.0 Å². The van der Waals surface area contributed by atoms with E-state index in [4.69, 9.17) is 0 Å². The monoisotopic (exact) mass is 575 g/mol. The summed E-state index contributed by atoms with van der Waals surface area (Å²) in [6.07, 6.45) is 5.93. The summed E-state index contributed by atoms with van der Waals surface area (Å²) in [5, 5.41) is 10.5. The highest BCUT2D eigenvalue weighted by Gasteiger charge is 2.67. The van der Waals surface area contributed by atoms with Gasteiger partial charge in [0.2, 0.25) is 17.6 Å². The van der Waals surface area contributed by atoms with Crippen LogP contribution in [0.15, 0.2) is 35.7 Å². The topological polar surface area (TPSA) is 138 Å². The zero-order valence-corrected chi connectivity index (χ0v) is 23.5. The van der Waals surface area contributed by atoms with Gasteiger partial charge in [0, 0.05) is 35.5 Å². The summed E-state index contributed by atoms with van der Waals surface area (Å²) in [6, 6.07) is 7.69. The molecule has 2 saturated heterocycles. The Bertz CT molecular complexity index is 1420. The van der Waals surface area contributed by atoms with Crippen LogP contribution in [-0.2, 0) is 19.2 Å². The molecule has 7 rings (SSSR count). The number of likely N-dealkylation sites (tertiary alicyclic amines) is 1. The molecule has 5 atom stereocenters. The van der Waals surface area contributed by atoms with E-state index >= 15 is 0 Å². The summed E-state index contributed by atoms with van der Waals surface area (Å²) in [5.74, 6) is -2.80. The number of piperidine rings is 1. The summed E-state index contributed by atoms with van der Waals surface area (Å²) >= 11 is 1.27. The smallest absolute Gasteiger partial charge is 0.289 e. The minimum absolute atomic E-state index is 0.00386. The molecule has 0 radical (unpaired) electrons. The van der Waals surface area contributed by atoms with Crippen LogP contribution in [-0.4, -0.2) is 70.0 Å². The van der Waals surface area contributed by atoms with Gasteiger partial charge in [-0.2, -0.15) is 0 Å². The summed E-state index contributed by atoms with van der Waals surface area (Å²) < 4.78 is 0. The minimum Gasteiger partial charge on any atom is -0.356 e. The fraction of sp³-hybridized carbons (Fsp3) is 0.533. The highest BCUT2D eigenvalue weighted by Crippen LogP contribution is 2.67. The van der Waals surface area contributed by atoms with Crippen LogP contribution in [0.5, 0.6) is 0 Å². The fourth-order valence-electron chi connectivity index (χ4n) is 7.19. The third-order valence-corrected chi connectivity index (χ3v) is 10.5. The Labute approximate surface area is 241 Å². The molecule has 2 bridgehead atoms. The summed E-state index contributed by atoms with van der Waals surface area (Å²) in [7, 11) is 0. The average molecular weight is 576 g/mol. The van der Waals surface area contributed by atoms with Gasteiger partial charge in [-0.15, -0.1) is 11.3 Å². The number of nitrogens with one attached hydrogen (secondary N) is 3. The summed E-state index contributed by atoms with van der Waals surface area (Å²) in [5.41, 5.74) is 1.69. The second-order valence-electron chi connectivity index (χ2n) is 12.3. The number of Topliss-reactive ketones (excluding diaryl/α,β-unsaturated/α-hetero) is 1. The van der Waals surface area contributed by atoms with E-state index in [-0.39, 0.29) is 41.7 Å². The van der Waals surface area contributed by atoms with Crippen LogP contribution in [0, 0.1) is 17.3 Å². The van der Waals surface area contributed by atoms with Crippen LogP contribution in [0.3, 0.4) is 0 Å². The lowest BCUT2D eigenvalue weighted by molar-refractivity contribution is -0.141. The molecule has 3 heterocycles. The van der Waals surface area contributed by atoms with Gasteiger partial charge >= 0.3 is 0 Å². The van der Waals surface area contributed by atoms with Crippen LogP contribution in [0.4, 0.5) is 0 Å². The number of fused-ring (bicyclic) bond motifs is 3. The highest BCUT2D eigenvalue weighted by molar-refractivity contribution is 7.12. The molecule has 3 saturated carbocycles. The van der Waals surface area contributed by atoms with Crippen molar-refractivity contribution in [3.63, 3.8) is 0 Å². The lowest BCUT2D eigenvalue weighted by Crippen LogP contribution is -2.58. The van der Waals surface area contributed by atoms with Crippen molar-refractivity contribution in [3.05, 3.63) is 40.7 Å². The SMILES string of the molecule is O=C(NC1CC1)C(=O)C(CC1CCNC1=O)NC(=O)[C@@H]1C2CC(CC23CC3)N1C(=O)c1nc(-c2ccccc2)cs1. The molecule has 1 spiro atoms. The Morgan fingerprint density at radius 3 is 2.59 bits per heavy atom. The van der Waals surface area contributed by atoms with Crippen molar-refractivity contribution < 1.29 is 24.0 Å². The number of carbonyl (C=O) groups is 5. The van der Waals surface area contributed by atoms with E-state index in [1.165, 1.54) is 11.3 Å². The van der Waals surface area contributed by atoms with Gasteiger partial charge in [-0.05, 0) is 62.7 Å². The predicted molar refractivity (Wildman–Crippen MR) is 150 cm³/mol. The predicted octanol–water partition coefficient (Wildman–Crippen LogP) is 2.05. The van der Waals surface area contributed by atoms with Crippen molar-refractivity contribution in [2.75, 3.05) is 6.54 Å². The van der Waals surface area contributed by atoms with E-state index in [1.54, 1.807) is 4.90 Å². The molecule has 5 aliphatic rings. The number of benzene rings is 1. The van der Waals surface area contributed by atoms with Gasteiger partial charge in [0.25, 0.3) is 11.8 Å². The molecule has 41 heavy (non-hydrogen) atoms. The molecule has 5 fully saturated rings. The largest absolute Gasteiger partial charge is 0.356 e. The first kappa shape index (κ1) is 26.3. The second kappa shape index (κ2) is 10.0. The first-order valence-electron chi connectivity index (χ1n) is 14.6. The van der Waals surface area contributed by atoms with Crippen molar-refractivity contribution in [2.45, 2.75) is 75.5 Å². The van der Waals surface area contributed by atoms with Crippen molar-refractivity contribution in [2.24, 2.45) is 17.3 Å². The molecule has 4 unspecified atom stereocenters. The molecular weight excluding hydrogens is 542 g/mol. The van der Waals surface area contributed by atoms with E-state index < -0.39 is 35.6 Å². The van der Waals surface area contributed by atoms with Gasteiger partial charge < -0.3 is 20.9 Å². The number of carbonyl (C=O) groups excluding carboxylic acids is 5. The molecule has 4 amide bonds. The number of ketones is 1. The first-order valence-corrected chi connectivity index (χ1v) is 15.5. The van der Waals surface area contributed by atoms with Crippen molar-refractivity contribution in [3.8, 4) is 11.3 Å². The van der Waals surface area contributed by atoms with Crippen molar-refractivity contribution >= 4 is 40.7 Å². The number of thiazole rings is 1. The Hall–Kier alpha value is -3.60. The quantitative estimate of drug-likeness (QED) is 0.392. The molecule has 3 aliphatic carbocycles. The van der Waals surface area contributed by atoms with E-state index in [1.807, 2.05) is 35.7 Å². The van der Waals surface area contributed by atoms with Crippen LogP contribution >= 0.6 is 11.3 Å². The zero-order valence-electron chi connectivity index (χ0n) is 22.6. The molecule has 2 aliphatic heterocycles. The summed E-state index contributed by atoms with van der Waals surface area (Å²) in [6.45, 7) is 0.503. The fourth-order valence-corrected chi connectivity index (χ4v) is 7.96. The zero-order chi connectivity index (χ0) is 28.3. The molecule has 2 aromatic rings. The number of rotatable bonds is 9. The van der Waals surface area contributed by atoms with Gasteiger partial charge in [-0.3, -0.25) is 24.0 Å². The highest BCUT2D eigenvalue weighted by atomic mass is 32.1. The number of hydrogen-bond donors (Lipinski definition) is 3. The maximum Gasteiger partial charge on any atom is 0.289 e. The van der Waals surface area contributed by atoms with Crippen molar-refractivity contribution in [1.82, 2.24) is 25.8 Å². The van der Waals surface area contributed by atoms with Gasteiger partial charge in [0.15, 0.2) is 5.01 Å². The molecule has 1 aromatic carbocycles. The average Bonchev–Trinajstić information content (AvgIpc) is 3.71. The molecule has 10 nitrogen and oxygen atoms in total. The Morgan fingerprint density at radius 1 is 1.12 bits per heavy atom. The number of amides is 4.